The molecule has 0 aliphatic heterocycles. The molecule has 158 valence electrons. The number of aromatic nitrogens is 2. The van der Waals surface area contributed by atoms with Gasteiger partial charge in [-0.25, -0.2) is 4.98 Å². The van der Waals surface area contributed by atoms with Crippen LogP contribution in [0.5, 0.6) is 0 Å². The molecule has 0 bridgehead atoms. The van der Waals surface area contributed by atoms with Gasteiger partial charge in [-0.1, -0.05) is 54.6 Å². The number of ketones is 2. The van der Waals surface area contributed by atoms with Gasteiger partial charge in [0, 0.05) is 30.9 Å². The van der Waals surface area contributed by atoms with Crippen LogP contribution in [0.15, 0.2) is 67.1 Å². The van der Waals surface area contributed by atoms with E-state index in [0.717, 1.165) is 5.69 Å². The monoisotopic (exact) mass is 417 g/mol. The number of benzene rings is 2. The van der Waals surface area contributed by atoms with Gasteiger partial charge in [0.25, 0.3) is 0 Å². The molecule has 1 aliphatic carbocycles. The van der Waals surface area contributed by atoms with Crippen molar-refractivity contribution in [2.24, 2.45) is 7.05 Å². The number of carbonyl (C=O) groups excluding carboxylic acids is 3. The summed E-state index contributed by atoms with van der Waals surface area (Å²) in [5, 5.41) is 9.52. The lowest BCUT2D eigenvalue weighted by atomic mass is 9.73. The van der Waals surface area contributed by atoms with Crippen molar-refractivity contribution in [1.29, 1.82) is 0 Å². The van der Waals surface area contributed by atoms with Crippen molar-refractivity contribution in [2.45, 2.75) is 18.4 Å². The largest absolute Gasteiger partial charge is 0.395 e. The number of hydrogen-bond donors (Lipinski definition) is 1. The third-order valence-electron chi connectivity index (χ3n) is 5.87. The van der Waals surface area contributed by atoms with Crippen LogP contribution in [0.1, 0.15) is 38.4 Å². The Morgan fingerprint density at radius 1 is 1.03 bits per heavy atom. The maximum Gasteiger partial charge on any atom is 0.224 e. The van der Waals surface area contributed by atoms with Crippen molar-refractivity contribution in [3.63, 3.8) is 0 Å². The maximum absolute atomic E-state index is 13.6. The van der Waals surface area contributed by atoms with Gasteiger partial charge in [0.2, 0.25) is 5.91 Å². The minimum absolute atomic E-state index is 0.0875. The molecule has 1 amide bonds. The molecule has 31 heavy (non-hydrogen) atoms. The predicted octanol–water partition coefficient (Wildman–Crippen LogP) is 2.15. The summed E-state index contributed by atoms with van der Waals surface area (Å²) in [7, 11) is 1.82. The van der Waals surface area contributed by atoms with E-state index in [2.05, 4.69) is 4.98 Å². The number of rotatable bonds is 7. The number of aryl methyl sites for hydroxylation is 1. The van der Waals surface area contributed by atoms with Gasteiger partial charge in [0.05, 0.1) is 31.6 Å². The predicted molar refractivity (Wildman–Crippen MR) is 114 cm³/mol. The van der Waals surface area contributed by atoms with Crippen LogP contribution in [0.25, 0.3) is 0 Å². The standard InChI is InChI=1S/C24H23N3O4/c1-26-16-25-14-18(26)15-27(11-12-28)21(29)13-24(17-7-3-2-4-8-17)22(30)19-9-5-6-10-20(19)23(24)31/h2-10,14,16,28H,11-13,15H2,1H3. The van der Waals surface area contributed by atoms with E-state index in [-0.39, 0.29) is 43.6 Å². The molecule has 0 atom stereocenters. The lowest BCUT2D eigenvalue weighted by molar-refractivity contribution is -0.133. The van der Waals surface area contributed by atoms with Crippen molar-refractivity contribution in [1.82, 2.24) is 14.5 Å². The molecule has 1 aliphatic rings. The summed E-state index contributed by atoms with van der Waals surface area (Å²) >= 11 is 0. The third-order valence-corrected chi connectivity index (χ3v) is 5.87. The molecule has 7 heteroatoms. The van der Waals surface area contributed by atoms with Crippen LogP contribution < -0.4 is 0 Å². The lowest BCUT2D eigenvalue weighted by Crippen LogP contribution is -2.45. The molecule has 0 saturated heterocycles. The first-order valence-corrected chi connectivity index (χ1v) is 10.1. The van der Waals surface area contributed by atoms with Crippen molar-refractivity contribution in [2.75, 3.05) is 13.2 Å². The Morgan fingerprint density at radius 2 is 1.65 bits per heavy atom. The highest BCUT2D eigenvalue weighted by Crippen LogP contribution is 2.42. The summed E-state index contributed by atoms with van der Waals surface area (Å²) < 4.78 is 1.78. The van der Waals surface area contributed by atoms with E-state index < -0.39 is 5.41 Å². The third kappa shape index (κ3) is 3.47. The summed E-state index contributed by atoms with van der Waals surface area (Å²) in [6.45, 7) is 0.0738. The average Bonchev–Trinajstić information content (AvgIpc) is 3.29. The molecule has 0 radical (unpaired) electrons. The number of nitrogens with zero attached hydrogens (tertiary/aromatic N) is 3. The van der Waals surface area contributed by atoms with Crippen molar-refractivity contribution in [3.05, 3.63) is 89.5 Å². The smallest absolute Gasteiger partial charge is 0.224 e. The molecule has 2 aromatic carbocycles. The van der Waals surface area contributed by atoms with Crippen LogP contribution in [0.2, 0.25) is 0 Å². The zero-order valence-corrected chi connectivity index (χ0v) is 17.2. The van der Waals surface area contributed by atoms with E-state index >= 15 is 0 Å². The Balaban J connectivity index is 1.74. The molecule has 4 rings (SSSR count). The molecular weight excluding hydrogens is 394 g/mol. The SMILES string of the molecule is Cn1cncc1CN(CCO)C(=O)CC1(c2ccccc2)C(=O)c2ccccc2C1=O. The van der Waals surface area contributed by atoms with Gasteiger partial charge in [0.15, 0.2) is 11.6 Å². The van der Waals surface area contributed by atoms with Gasteiger partial charge in [-0.2, -0.15) is 0 Å². The number of hydrogen-bond acceptors (Lipinski definition) is 5. The van der Waals surface area contributed by atoms with E-state index in [9.17, 15) is 19.5 Å². The Labute approximate surface area is 180 Å². The van der Waals surface area contributed by atoms with Gasteiger partial charge in [-0.15, -0.1) is 0 Å². The molecule has 7 nitrogen and oxygen atoms in total. The highest BCUT2D eigenvalue weighted by molar-refractivity contribution is 6.34. The molecule has 3 aromatic rings. The summed E-state index contributed by atoms with van der Waals surface area (Å²) in [6.07, 6.45) is 2.97. The number of Topliss-reactive ketones (excluding diaryl/α,β-unsaturated/α-hetero) is 2. The van der Waals surface area contributed by atoms with Gasteiger partial charge >= 0.3 is 0 Å². The van der Waals surface area contributed by atoms with E-state index in [1.165, 1.54) is 4.90 Å². The molecule has 0 unspecified atom stereocenters. The highest BCUT2D eigenvalue weighted by atomic mass is 16.3. The van der Waals surface area contributed by atoms with Crippen molar-refractivity contribution in [3.8, 4) is 0 Å². The minimum Gasteiger partial charge on any atom is -0.395 e. The Hall–Kier alpha value is -3.58. The molecular formula is C24H23N3O4. The number of aliphatic hydroxyl groups is 1. The first-order chi connectivity index (χ1) is 15.0. The van der Waals surface area contributed by atoms with Crippen LogP contribution in [-0.4, -0.2) is 50.2 Å². The average molecular weight is 417 g/mol. The second kappa shape index (κ2) is 8.28. The number of carbonyl (C=O) groups is 3. The maximum atomic E-state index is 13.6. The first kappa shape index (κ1) is 20.7. The number of amides is 1. The second-order valence-corrected chi connectivity index (χ2v) is 7.69. The van der Waals surface area contributed by atoms with E-state index in [1.54, 1.807) is 71.7 Å². The normalized spacial score (nSPS) is 14.5. The molecule has 0 spiro atoms. The van der Waals surface area contributed by atoms with Crippen molar-refractivity contribution >= 4 is 17.5 Å². The van der Waals surface area contributed by atoms with E-state index in [4.69, 9.17) is 0 Å². The molecule has 1 N–H and O–H groups in total. The fourth-order valence-electron chi connectivity index (χ4n) is 4.17. The molecule has 1 heterocycles. The van der Waals surface area contributed by atoms with E-state index in [1.807, 2.05) is 7.05 Å². The molecule has 0 fully saturated rings. The number of aliphatic hydroxyl groups excluding tert-OH is 1. The highest BCUT2D eigenvalue weighted by Gasteiger charge is 2.55. The number of imidazole rings is 1. The minimum atomic E-state index is -1.61. The van der Waals surface area contributed by atoms with Gasteiger partial charge in [0.1, 0.15) is 5.41 Å². The molecule has 1 aromatic heterocycles. The zero-order chi connectivity index (χ0) is 22.0. The lowest BCUT2D eigenvalue weighted by Gasteiger charge is -2.30. The fraction of sp³-hybridized carbons (Fsp3) is 0.250. The van der Waals surface area contributed by atoms with Crippen LogP contribution in [0.4, 0.5) is 0 Å². The van der Waals surface area contributed by atoms with Gasteiger partial charge in [-0.3, -0.25) is 14.4 Å². The summed E-state index contributed by atoms with van der Waals surface area (Å²) in [6, 6.07) is 15.4. The van der Waals surface area contributed by atoms with Crippen LogP contribution >= 0.6 is 0 Å². The summed E-state index contributed by atoms with van der Waals surface area (Å²) in [5.41, 5.74) is 0.346. The first-order valence-electron chi connectivity index (χ1n) is 10.1. The number of fused-ring (bicyclic) bond motifs is 1. The fourth-order valence-corrected chi connectivity index (χ4v) is 4.17. The summed E-state index contributed by atoms with van der Waals surface area (Å²) in [4.78, 5) is 46.1. The van der Waals surface area contributed by atoms with E-state index in [0.29, 0.717) is 16.7 Å². The zero-order valence-electron chi connectivity index (χ0n) is 17.2. The Morgan fingerprint density at radius 3 is 2.19 bits per heavy atom. The van der Waals surface area contributed by atoms with Crippen LogP contribution in [0, 0.1) is 0 Å². The Kier molecular flexibility index (Phi) is 5.52. The molecule has 0 saturated carbocycles. The topological polar surface area (TPSA) is 92.5 Å². The van der Waals surface area contributed by atoms with Crippen LogP contribution in [0.3, 0.4) is 0 Å². The second-order valence-electron chi connectivity index (χ2n) is 7.69. The van der Waals surface area contributed by atoms with Crippen molar-refractivity contribution < 1.29 is 19.5 Å². The van der Waals surface area contributed by atoms with Gasteiger partial charge in [-0.05, 0) is 5.56 Å². The van der Waals surface area contributed by atoms with Crippen LogP contribution in [-0.2, 0) is 23.8 Å². The Bertz CT molecular complexity index is 1100. The quantitative estimate of drug-likeness (QED) is 0.595. The summed E-state index contributed by atoms with van der Waals surface area (Å²) in [5.74, 6) is -1.11. The van der Waals surface area contributed by atoms with Gasteiger partial charge < -0.3 is 14.6 Å².